The monoisotopic (exact) mass is 544 g/mol. The quantitative estimate of drug-likeness (QED) is 0.447. The lowest BCUT2D eigenvalue weighted by Gasteiger charge is -2.35. The fourth-order valence-electron chi connectivity index (χ4n) is 5.85. The number of carboxylic acid groups (broad SMARTS) is 1. The largest absolute Gasteiger partial charge is 0.481 e. The van der Waals surface area contributed by atoms with Crippen LogP contribution in [0.25, 0.3) is 0 Å². The maximum atomic E-state index is 13.8. The molecule has 2 bridgehead atoms. The van der Waals surface area contributed by atoms with Crippen molar-refractivity contribution in [2.45, 2.75) is 37.5 Å². The molecule has 2 heterocycles. The van der Waals surface area contributed by atoms with Crippen LogP contribution in [-0.2, 0) is 11.0 Å². The number of amides is 1. The van der Waals surface area contributed by atoms with Gasteiger partial charge in [0.25, 0.3) is 5.91 Å². The van der Waals surface area contributed by atoms with Gasteiger partial charge >= 0.3 is 12.1 Å². The van der Waals surface area contributed by atoms with Crippen molar-refractivity contribution in [3.05, 3.63) is 53.7 Å². The van der Waals surface area contributed by atoms with Crippen LogP contribution in [0.1, 0.15) is 35.2 Å². The van der Waals surface area contributed by atoms with Gasteiger partial charge in [0.05, 0.1) is 5.92 Å². The summed E-state index contributed by atoms with van der Waals surface area (Å²) < 4.78 is 41.3. The fourth-order valence-corrected chi connectivity index (χ4v) is 5.85. The summed E-state index contributed by atoms with van der Waals surface area (Å²) in [4.78, 5) is 36.7. The van der Waals surface area contributed by atoms with Crippen LogP contribution < -0.4 is 10.6 Å². The average molecular weight is 545 g/mol. The molecule has 1 saturated heterocycles. The minimum atomic E-state index is -4.73. The van der Waals surface area contributed by atoms with E-state index in [1.54, 1.807) is 36.2 Å². The topological polar surface area (TPSA) is 111 Å². The van der Waals surface area contributed by atoms with Crippen molar-refractivity contribution >= 4 is 29.3 Å². The molecule has 39 heavy (non-hydrogen) atoms. The Balaban J connectivity index is 1.31. The molecule has 2 aromatic rings. The van der Waals surface area contributed by atoms with Crippen LogP contribution in [-0.4, -0.2) is 76.0 Å². The second-order valence-corrected chi connectivity index (χ2v) is 10.6. The van der Waals surface area contributed by atoms with Crippen molar-refractivity contribution in [3.63, 3.8) is 0 Å². The van der Waals surface area contributed by atoms with Gasteiger partial charge in [-0.25, -0.2) is 4.98 Å². The molecular formula is C27H31F3N6O3. The number of hydrogen-bond acceptors (Lipinski definition) is 7. The minimum Gasteiger partial charge on any atom is -0.481 e. The molecule has 9 nitrogen and oxygen atoms in total. The van der Waals surface area contributed by atoms with E-state index in [1.165, 1.54) is 0 Å². The maximum Gasteiger partial charge on any atom is 0.421 e. The highest BCUT2D eigenvalue weighted by Gasteiger charge is 2.49. The third kappa shape index (κ3) is 5.56. The summed E-state index contributed by atoms with van der Waals surface area (Å²) in [5, 5.41) is 15.3. The number of aliphatic carboxylic acids is 1. The second kappa shape index (κ2) is 10.5. The fraction of sp³-hybridized carbons (Fsp3) is 0.481. The number of fused-ring (bicyclic) bond motifs is 2. The van der Waals surface area contributed by atoms with Gasteiger partial charge in [-0.05, 0) is 75.5 Å². The predicted molar refractivity (Wildman–Crippen MR) is 139 cm³/mol. The van der Waals surface area contributed by atoms with Crippen molar-refractivity contribution in [2.24, 2.45) is 17.8 Å². The SMILES string of the molecule is CN1CCC(N(C)C(=O)c2ccc(Nc3ncc(C(F)(F)F)c(N[C@H]4[C@@H](C(=O)O)[C@@H]5C=C[C@H]4C5)n3)cc2)CC1. The highest BCUT2D eigenvalue weighted by Crippen LogP contribution is 2.46. The van der Waals surface area contributed by atoms with Gasteiger partial charge in [-0.3, -0.25) is 9.59 Å². The number of halogens is 3. The smallest absolute Gasteiger partial charge is 0.421 e. The van der Waals surface area contributed by atoms with Gasteiger partial charge in [-0.15, -0.1) is 0 Å². The standard InChI is InChI=1S/C27H31F3N6O3/c1-35-11-9-19(10-12-35)36(2)24(37)15-5-7-18(8-6-15)32-26-31-14-20(27(28,29)30)23(34-26)33-22-17-4-3-16(13-17)21(22)25(38)39/h3-8,14,16-17,19,21-22H,9-13H2,1-2H3,(H,38,39)(H2,31,32,33,34)/t16-,17+,21+,22-/m1/s1. The van der Waals surface area contributed by atoms with Gasteiger partial charge in [-0.2, -0.15) is 18.2 Å². The van der Waals surface area contributed by atoms with E-state index in [4.69, 9.17) is 0 Å². The Bertz CT molecular complexity index is 1260. The van der Waals surface area contributed by atoms with Crippen molar-refractivity contribution < 1.29 is 27.9 Å². The number of carbonyl (C=O) groups excluding carboxylic acids is 1. The van der Waals surface area contributed by atoms with Crippen LogP contribution in [0.3, 0.4) is 0 Å². The average Bonchev–Trinajstić information content (AvgIpc) is 3.50. The van der Waals surface area contributed by atoms with Gasteiger partial charge in [0.2, 0.25) is 5.95 Å². The molecule has 1 saturated carbocycles. The summed E-state index contributed by atoms with van der Waals surface area (Å²) in [6.07, 6.45) is 2.02. The first-order valence-corrected chi connectivity index (χ1v) is 13.0. The number of nitrogens with zero attached hydrogens (tertiary/aromatic N) is 4. The number of carboxylic acids is 1. The van der Waals surface area contributed by atoms with Gasteiger partial charge < -0.3 is 25.5 Å². The van der Waals surface area contributed by atoms with Gasteiger partial charge in [0, 0.05) is 36.6 Å². The molecule has 0 spiro atoms. The molecular weight excluding hydrogens is 513 g/mol. The number of likely N-dealkylation sites (tertiary alicyclic amines) is 1. The number of rotatable bonds is 7. The van der Waals surface area contributed by atoms with Crippen molar-refractivity contribution in [1.82, 2.24) is 19.8 Å². The summed E-state index contributed by atoms with van der Waals surface area (Å²) in [7, 11) is 3.86. The number of aromatic nitrogens is 2. The van der Waals surface area contributed by atoms with Crippen LogP contribution in [0.4, 0.5) is 30.6 Å². The third-order valence-corrected chi connectivity index (χ3v) is 8.09. The van der Waals surface area contributed by atoms with Crippen LogP contribution in [0.5, 0.6) is 0 Å². The summed E-state index contributed by atoms with van der Waals surface area (Å²) in [6, 6.07) is 6.05. The molecule has 0 radical (unpaired) electrons. The first-order valence-electron chi connectivity index (χ1n) is 13.0. The molecule has 1 aromatic heterocycles. The van der Waals surface area contributed by atoms with E-state index >= 15 is 0 Å². The van der Waals surface area contributed by atoms with E-state index < -0.39 is 35.5 Å². The highest BCUT2D eigenvalue weighted by atomic mass is 19.4. The maximum absolute atomic E-state index is 13.8. The summed E-state index contributed by atoms with van der Waals surface area (Å²) in [5.74, 6) is -2.96. The van der Waals surface area contributed by atoms with E-state index in [0.29, 0.717) is 23.9 Å². The number of piperidine rings is 1. The van der Waals surface area contributed by atoms with Gasteiger partial charge in [-0.1, -0.05) is 12.2 Å². The Morgan fingerprint density at radius 3 is 2.41 bits per heavy atom. The zero-order valence-corrected chi connectivity index (χ0v) is 21.7. The van der Waals surface area contributed by atoms with Crippen LogP contribution in [0.2, 0.25) is 0 Å². The number of benzene rings is 1. The van der Waals surface area contributed by atoms with E-state index in [1.807, 2.05) is 12.2 Å². The molecule has 0 unspecified atom stereocenters. The van der Waals surface area contributed by atoms with E-state index in [0.717, 1.165) is 25.9 Å². The number of allylic oxidation sites excluding steroid dienone is 1. The third-order valence-electron chi connectivity index (χ3n) is 8.09. The zero-order valence-electron chi connectivity index (χ0n) is 21.7. The molecule has 12 heteroatoms. The Morgan fingerprint density at radius 2 is 1.77 bits per heavy atom. The molecule has 1 aliphatic heterocycles. The Hall–Kier alpha value is -3.67. The Kier molecular flexibility index (Phi) is 7.23. The highest BCUT2D eigenvalue weighted by molar-refractivity contribution is 5.94. The summed E-state index contributed by atoms with van der Waals surface area (Å²) in [6.45, 7) is 1.87. The molecule has 2 fully saturated rings. The summed E-state index contributed by atoms with van der Waals surface area (Å²) >= 11 is 0. The number of alkyl halides is 3. The summed E-state index contributed by atoms with van der Waals surface area (Å²) in [5.41, 5.74) is -0.0750. The van der Waals surface area contributed by atoms with Gasteiger partial charge in [0.1, 0.15) is 11.4 Å². The van der Waals surface area contributed by atoms with Crippen molar-refractivity contribution in [1.29, 1.82) is 0 Å². The molecule has 2 aliphatic carbocycles. The number of nitrogens with one attached hydrogen (secondary N) is 2. The van der Waals surface area contributed by atoms with Crippen LogP contribution >= 0.6 is 0 Å². The number of hydrogen-bond donors (Lipinski definition) is 3. The predicted octanol–water partition coefficient (Wildman–Crippen LogP) is 4.09. The molecule has 3 N–H and O–H groups in total. The lowest BCUT2D eigenvalue weighted by atomic mass is 9.89. The Morgan fingerprint density at radius 1 is 1.10 bits per heavy atom. The zero-order chi connectivity index (χ0) is 27.9. The first-order chi connectivity index (χ1) is 18.5. The van der Waals surface area contributed by atoms with E-state index in [9.17, 15) is 27.9 Å². The number of carbonyl (C=O) groups is 2. The molecule has 1 aromatic carbocycles. The number of anilines is 3. The van der Waals surface area contributed by atoms with E-state index in [-0.39, 0.29) is 29.7 Å². The Labute approximate surface area is 224 Å². The first kappa shape index (κ1) is 26.9. The molecule has 208 valence electrons. The normalized spacial score (nSPS) is 25.1. The van der Waals surface area contributed by atoms with Gasteiger partial charge in [0.15, 0.2) is 0 Å². The lowest BCUT2D eigenvalue weighted by molar-refractivity contribution is -0.142. The lowest BCUT2D eigenvalue weighted by Crippen LogP contribution is -2.44. The molecule has 5 rings (SSSR count). The van der Waals surface area contributed by atoms with Crippen LogP contribution in [0.15, 0.2) is 42.6 Å². The second-order valence-electron chi connectivity index (χ2n) is 10.6. The van der Waals surface area contributed by atoms with Crippen molar-refractivity contribution in [2.75, 3.05) is 37.8 Å². The van der Waals surface area contributed by atoms with E-state index in [2.05, 4.69) is 32.5 Å². The molecule has 1 amide bonds. The molecule has 3 aliphatic rings. The minimum absolute atomic E-state index is 0.0846. The van der Waals surface area contributed by atoms with Crippen LogP contribution in [0, 0.1) is 17.8 Å². The van der Waals surface area contributed by atoms with Crippen molar-refractivity contribution in [3.8, 4) is 0 Å². The molecule has 4 atom stereocenters.